The lowest BCUT2D eigenvalue weighted by Crippen LogP contribution is -2.08. The first-order chi connectivity index (χ1) is 13.9. The lowest BCUT2D eigenvalue weighted by atomic mass is 10.1. The van der Waals surface area contributed by atoms with E-state index in [0.717, 1.165) is 12.1 Å². The van der Waals surface area contributed by atoms with E-state index in [2.05, 4.69) is 9.84 Å². The first-order valence-corrected chi connectivity index (χ1v) is 8.54. The van der Waals surface area contributed by atoms with Crippen molar-refractivity contribution in [2.24, 2.45) is 0 Å². The van der Waals surface area contributed by atoms with Crippen LogP contribution in [0.25, 0.3) is 0 Å². The molecule has 0 saturated heterocycles. The van der Waals surface area contributed by atoms with Gasteiger partial charge in [0, 0.05) is 29.0 Å². The molecule has 7 nitrogen and oxygen atoms in total. The maximum absolute atomic E-state index is 13.9. The summed E-state index contributed by atoms with van der Waals surface area (Å²) < 4.78 is 44.0. The Balaban J connectivity index is 1.84. The minimum absolute atomic E-state index is 0.0475. The summed E-state index contributed by atoms with van der Waals surface area (Å²) in [5.74, 6) is -0.380. The van der Waals surface area contributed by atoms with Crippen molar-refractivity contribution in [2.75, 3.05) is 7.11 Å². The third-order valence-electron chi connectivity index (χ3n) is 4.14. The number of aromatic nitrogens is 2. The topological polar surface area (TPSA) is 82.8 Å². The molecule has 0 aliphatic heterocycles. The SMILES string of the molecule is COc1ccc(OCc2ccc(F)cc2F)c(Cn2nc(OC(=O)O)cc2C)c1. The Morgan fingerprint density at radius 3 is 2.62 bits per heavy atom. The number of carbonyl (C=O) groups is 1. The van der Waals surface area contributed by atoms with E-state index in [4.69, 9.17) is 14.6 Å². The Hall–Kier alpha value is -3.62. The average Bonchev–Trinajstić information content (AvgIpc) is 2.99. The van der Waals surface area contributed by atoms with Crippen LogP contribution in [0.5, 0.6) is 17.4 Å². The zero-order chi connectivity index (χ0) is 21.0. The molecule has 29 heavy (non-hydrogen) atoms. The lowest BCUT2D eigenvalue weighted by molar-refractivity contribution is 0.142. The summed E-state index contributed by atoms with van der Waals surface area (Å²) >= 11 is 0. The van der Waals surface area contributed by atoms with Gasteiger partial charge in [-0.15, -0.1) is 5.10 Å². The zero-order valence-electron chi connectivity index (χ0n) is 15.7. The first-order valence-electron chi connectivity index (χ1n) is 8.54. The summed E-state index contributed by atoms with van der Waals surface area (Å²) in [6.07, 6.45) is -1.46. The summed E-state index contributed by atoms with van der Waals surface area (Å²) in [6.45, 7) is 1.88. The molecule has 0 atom stereocenters. The molecule has 0 bridgehead atoms. The quantitative estimate of drug-likeness (QED) is 0.596. The Bertz CT molecular complexity index is 1040. The maximum Gasteiger partial charge on any atom is 0.512 e. The maximum atomic E-state index is 13.9. The molecule has 0 amide bonds. The summed E-state index contributed by atoms with van der Waals surface area (Å²) in [4.78, 5) is 10.7. The third kappa shape index (κ3) is 5.01. The highest BCUT2D eigenvalue weighted by Crippen LogP contribution is 2.27. The van der Waals surface area contributed by atoms with Gasteiger partial charge in [-0.25, -0.2) is 13.6 Å². The molecule has 3 aromatic rings. The van der Waals surface area contributed by atoms with E-state index in [1.54, 1.807) is 29.8 Å². The second kappa shape index (κ2) is 8.59. The highest BCUT2D eigenvalue weighted by Gasteiger charge is 2.13. The second-order valence-corrected chi connectivity index (χ2v) is 6.15. The van der Waals surface area contributed by atoms with Gasteiger partial charge in [-0.3, -0.25) is 4.68 Å². The number of carboxylic acid groups (broad SMARTS) is 1. The predicted molar refractivity (Wildman–Crippen MR) is 98.4 cm³/mol. The largest absolute Gasteiger partial charge is 0.512 e. The van der Waals surface area contributed by atoms with Gasteiger partial charge in [0.05, 0.1) is 13.7 Å². The molecule has 0 radical (unpaired) electrons. The fourth-order valence-electron chi connectivity index (χ4n) is 2.68. The summed E-state index contributed by atoms with van der Waals surface area (Å²) in [6, 6.07) is 9.86. The standard InChI is InChI=1S/C20H18F2N2O5/c1-12-7-19(29-20(25)26)23-24(12)10-14-8-16(27-2)5-6-18(14)28-11-13-3-4-15(21)9-17(13)22/h3-9H,10-11H2,1-2H3,(H,25,26). The van der Waals surface area contributed by atoms with Crippen LogP contribution in [0.3, 0.4) is 0 Å². The van der Waals surface area contributed by atoms with Gasteiger partial charge >= 0.3 is 6.16 Å². The van der Waals surface area contributed by atoms with Gasteiger partial charge in [-0.1, -0.05) is 0 Å². The lowest BCUT2D eigenvalue weighted by Gasteiger charge is -2.14. The van der Waals surface area contributed by atoms with Crippen molar-refractivity contribution in [2.45, 2.75) is 20.1 Å². The third-order valence-corrected chi connectivity index (χ3v) is 4.14. The molecule has 0 aliphatic rings. The molecular weight excluding hydrogens is 386 g/mol. The van der Waals surface area contributed by atoms with E-state index in [1.165, 1.54) is 19.2 Å². The highest BCUT2D eigenvalue weighted by molar-refractivity contribution is 5.60. The van der Waals surface area contributed by atoms with E-state index in [9.17, 15) is 13.6 Å². The number of hydrogen-bond donors (Lipinski definition) is 1. The van der Waals surface area contributed by atoms with Gasteiger partial charge in [0.15, 0.2) is 0 Å². The van der Waals surface area contributed by atoms with Crippen LogP contribution < -0.4 is 14.2 Å². The average molecular weight is 404 g/mol. The van der Waals surface area contributed by atoms with Crippen molar-refractivity contribution in [3.8, 4) is 17.4 Å². The Morgan fingerprint density at radius 1 is 1.14 bits per heavy atom. The smallest absolute Gasteiger partial charge is 0.497 e. The molecule has 1 N–H and O–H groups in total. The summed E-state index contributed by atoms with van der Waals surface area (Å²) in [5, 5.41) is 12.8. The highest BCUT2D eigenvalue weighted by atomic mass is 19.1. The fraction of sp³-hybridized carbons (Fsp3) is 0.200. The predicted octanol–water partition coefficient (Wildman–Crippen LogP) is 4.16. The number of benzene rings is 2. The molecule has 9 heteroatoms. The molecule has 1 heterocycles. The van der Waals surface area contributed by atoms with Crippen molar-refractivity contribution >= 4 is 6.16 Å². The first kappa shape index (κ1) is 20.1. The van der Waals surface area contributed by atoms with Gasteiger partial charge in [-0.05, 0) is 37.3 Å². The van der Waals surface area contributed by atoms with Crippen molar-refractivity contribution in [3.63, 3.8) is 0 Å². The number of rotatable bonds is 7. The van der Waals surface area contributed by atoms with E-state index in [-0.39, 0.29) is 24.6 Å². The van der Waals surface area contributed by atoms with Gasteiger partial charge in [0.2, 0.25) is 5.88 Å². The van der Waals surface area contributed by atoms with Crippen LogP contribution in [-0.4, -0.2) is 28.2 Å². The summed E-state index contributed by atoms with van der Waals surface area (Å²) in [7, 11) is 1.52. The van der Waals surface area contributed by atoms with Crippen molar-refractivity contribution in [1.29, 1.82) is 0 Å². The Morgan fingerprint density at radius 2 is 1.93 bits per heavy atom. The van der Waals surface area contributed by atoms with Crippen LogP contribution in [0.2, 0.25) is 0 Å². The second-order valence-electron chi connectivity index (χ2n) is 6.15. The van der Waals surface area contributed by atoms with Crippen molar-refractivity contribution < 1.29 is 32.9 Å². The Kier molecular flexibility index (Phi) is 5.96. The summed E-state index contributed by atoms with van der Waals surface area (Å²) in [5.41, 5.74) is 1.54. The van der Waals surface area contributed by atoms with Crippen LogP contribution in [0.4, 0.5) is 13.6 Å². The van der Waals surface area contributed by atoms with Crippen LogP contribution in [0.15, 0.2) is 42.5 Å². The van der Waals surface area contributed by atoms with Gasteiger partial charge < -0.3 is 19.3 Å². The van der Waals surface area contributed by atoms with Crippen molar-refractivity contribution in [3.05, 3.63) is 70.9 Å². The van der Waals surface area contributed by atoms with Crippen LogP contribution >= 0.6 is 0 Å². The van der Waals surface area contributed by atoms with Gasteiger partial charge in [-0.2, -0.15) is 0 Å². The monoisotopic (exact) mass is 404 g/mol. The number of nitrogens with zero attached hydrogens (tertiary/aromatic N) is 2. The van der Waals surface area contributed by atoms with Crippen molar-refractivity contribution in [1.82, 2.24) is 9.78 Å². The molecule has 152 valence electrons. The molecule has 0 saturated carbocycles. The van der Waals surface area contributed by atoms with Crippen LogP contribution in [0, 0.1) is 18.6 Å². The molecule has 3 rings (SSSR count). The van der Waals surface area contributed by atoms with Gasteiger partial charge in [0.25, 0.3) is 0 Å². The molecular formula is C20H18F2N2O5. The number of halogens is 2. The van der Waals surface area contributed by atoms with E-state index < -0.39 is 17.8 Å². The minimum atomic E-state index is -1.46. The number of ether oxygens (including phenoxy) is 3. The Labute approximate surface area is 165 Å². The number of hydrogen-bond acceptors (Lipinski definition) is 5. The molecule has 0 aliphatic carbocycles. The molecule has 1 aromatic heterocycles. The normalized spacial score (nSPS) is 10.6. The van der Waals surface area contributed by atoms with E-state index in [1.807, 2.05) is 0 Å². The van der Waals surface area contributed by atoms with E-state index >= 15 is 0 Å². The zero-order valence-corrected chi connectivity index (χ0v) is 15.7. The van der Waals surface area contributed by atoms with Gasteiger partial charge in [0.1, 0.15) is 29.7 Å². The number of aryl methyl sites for hydroxylation is 1. The molecule has 0 spiro atoms. The van der Waals surface area contributed by atoms with Crippen LogP contribution in [0.1, 0.15) is 16.8 Å². The van der Waals surface area contributed by atoms with E-state index in [0.29, 0.717) is 22.8 Å². The number of methoxy groups -OCH3 is 1. The molecule has 2 aromatic carbocycles. The molecule has 0 unspecified atom stereocenters. The minimum Gasteiger partial charge on any atom is -0.497 e. The molecule has 0 fully saturated rings. The fourth-order valence-corrected chi connectivity index (χ4v) is 2.68. The van der Waals surface area contributed by atoms with Crippen LogP contribution in [-0.2, 0) is 13.2 Å².